The van der Waals surface area contributed by atoms with E-state index in [4.69, 9.17) is 9.47 Å². The molecule has 6 nitrogen and oxygen atoms in total. The van der Waals surface area contributed by atoms with Crippen molar-refractivity contribution in [1.29, 1.82) is 0 Å². The van der Waals surface area contributed by atoms with Gasteiger partial charge in [-0.15, -0.1) is 0 Å². The van der Waals surface area contributed by atoms with Crippen molar-refractivity contribution >= 4 is 5.91 Å². The molecular weight excluding hydrogens is 318 g/mol. The third kappa shape index (κ3) is 3.85. The molecular formula is C19H23N3O3. The van der Waals surface area contributed by atoms with E-state index in [9.17, 15) is 4.79 Å². The SMILES string of the molecule is O=C(N[C@@H]1CCc2nccn2C1)c1ccc(OC[C@H]2CCCO2)cc1. The average molecular weight is 341 g/mol. The van der Waals surface area contributed by atoms with Crippen LogP contribution in [0.15, 0.2) is 36.7 Å². The summed E-state index contributed by atoms with van der Waals surface area (Å²) in [6.45, 7) is 2.18. The summed E-state index contributed by atoms with van der Waals surface area (Å²) in [6.07, 6.45) is 7.96. The quantitative estimate of drug-likeness (QED) is 0.905. The number of aryl methyl sites for hydroxylation is 1. The average Bonchev–Trinajstić information content (AvgIpc) is 3.31. The van der Waals surface area contributed by atoms with E-state index >= 15 is 0 Å². The van der Waals surface area contributed by atoms with Crippen molar-refractivity contribution in [2.45, 2.75) is 44.4 Å². The molecule has 3 heterocycles. The van der Waals surface area contributed by atoms with Gasteiger partial charge in [-0.3, -0.25) is 4.79 Å². The molecule has 0 aliphatic carbocycles. The van der Waals surface area contributed by atoms with Gasteiger partial charge >= 0.3 is 0 Å². The number of aromatic nitrogens is 2. The molecule has 6 heteroatoms. The smallest absolute Gasteiger partial charge is 0.251 e. The second-order valence-corrected chi connectivity index (χ2v) is 6.68. The highest BCUT2D eigenvalue weighted by Gasteiger charge is 2.21. The van der Waals surface area contributed by atoms with Crippen LogP contribution in [-0.2, 0) is 17.7 Å². The van der Waals surface area contributed by atoms with Gasteiger partial charge in [0.15, 0.2) is 0 Å². The minimum absolute atomic E-state index is 0.0424. The van der Waals surface area contributed by atoms with Crippen LogP contribution < -0.4 is 10.1 Å². The molecule has 0 unspecified atom stereocenters. The number of nitrogens with one attached hydrogen (secondary N) is 1. The number of benzene rings is 1. The predicted octanol–water partition coefficient (Wildman–Crippen LogP) is 2.19. The highest BCUT2D eigenvalue weighted by atomic mass is 16.5. The molecule has 2 aromatic rings. The largest absolute Gasteiger partial charge is 0.491 e. The van der Waals surface area contributed by atoms with Crippen LogP contribution in [-0.4, -0.2) is 40.8 Å². The fourth-order valence-electron chi connectivity index (χ4n) is 3.42. The van der Waals surface area contributed by atoms with Gasteiger partial charge in [0.1, 0.15) is 18.2 Å². The van der Waals surface area contributed by atoms with Gasteiger partial charge in [-0.1, -0.05) is 0 Å². The van der Waals surface area contributed by atoms with Gasteiger partial charge < -0.3 is 19.4 Å². The van der Waals surface area contributed by atoms with Crippen LogP contribution in [0.4, 0.5) is 0 Å². The maximum Gasteiger partial charge on any atom is 0.251 e. The Hall–Kier alpha value is -2.34. The lowest BCUT2D eigenvalue weighted by Gasteiger charge is -2.24. The zero-order valence-electron chi connectivity index (χ0n) is 14.2. The Morgan fingerprint density at radius 3 is 3.00 bits per heavy atom. The molecule has 0 radical (unpaired) electrons. The number of fused-ring (bicyclic) bond motifs is 1. The van der Waals surface area contributed by atoms with E-state index in [0.717, 1.165) is 50.4 Å². The summed E-state index contributed by atoms with van der Waals surface area (Å²) in [5, 5.41) is 3.11. The molecule has 1 saturated heterocycles. The van der Waals surface area contributed by atoms with Crippen LogP contribution in [0.1, 0.15) is 35.4 Å². The number of carbonyl (C=O) groups excluding carboxylic acids is 1. The van der Waals surface area contributed by atoms with Crippen molar-refractivity contribution in [1.82, 2.24) is 14.9 Å². The molecule has 1 fully saturated rings. The normalized spacial score (nSPS) is 22.4. The molecule has 1 aromatic carbocycles. The lowest BCUT2D eigenvalue weighted by atomic mass is 10.1. The van der Waals surface area contributed by atoms with Crippen LogP contribution in [0.25, 0.3) is 0 Å². The van der Waals surface area contributed by atoms with Crippen LogP contribution in [0, 0.1) is 0 Å². The first-order chi connectivity index (χ1) is 12.3. The van der Waals surface area contributed by atoms with Gasteiger partial charge in [0.05, 0.1) is 6.10 Å². The Bertz CT molecular complexity index is 720. The number of carbonyl (C=O) groups is 1. The zero-order chi connectivity index (χ0) is 17.1. The monoisotopic (exact) mass is 341 g/mol. The van der Waals surface area contributed by atoms with Gasteiger partial charge in [-0.05, 0) is 43.5 Å². The van der Waals surface area contributed by atoms with Crippen molar-refractivity contribution in [3.63, 3.8) is 0 Å². The number of rotatable bonds is 5. The van der Waals surface area contributed by atoms with Crippen molar-refractivity contribution in [3.05, 3.63) is 48.0 Å². The summed E-state index contributed by atoms with van der Waals surface area (Å²) < 4.78 is 13.4. The third-order valence-corrected chi connectivity index (χ3v) is 4.85. The van der Waals surface area contributed by atoms with E-state index in [1.165, 1.54) is 0 Å². The van der Waals surface area contributed by atoms with E-state index in [1.54, 1.807) is 0 Å². The first-order valence-electron chi connectivity index (χ1n) is 8.93. The highest BCUT2D eigenvalue weighted by molar-refractivity contribution is 5.94. The Morgan fingerprint density at radius 2 is 2.20 bits per heavy atom. The molecule has 4 rings (SSSR count). The summed E-state index contributed by atoms with van der Waals surface area (Å²) in [5.41, 5.74) is 0.654. The Labute approximate surface area is 147 Å². The number of hydrogen-bond acceptors (Lipinski definition) is 4. The highest BCUT2D eigenvalue weighted by Crippen LogP contribution is 2.17. The van der Waals surface area contributed by atoms with Gasteiger partial charge in [0.25, 0.3) is 5.91 Å². The first-order valence-corrected chi connectivity index (χ1v) is 8.93. The summed E-state index contributed by atoms with van der Waals surface area (Å²) in [5.74, 6) is 1.82. The molecule has 2 aliphatic heterocycles. The fourth-order valence-corrected chi connectivity index (χ4v) is 3.42. The predicted molar refractivity (Wildman–Crippen MR) is 92.7 cm³/mol. The maximum absolute atomic E-state index is 12.4. The summed E-state index contributed by atoms with van der Waals surface area (Å²) >= 11 is 0. The number of ether oxygens (including phenoxy) is 2. The molecule has 1 aromatic heterocycles. The molecule has 0 saturated carbocycles. The zero-order valence-corrected chi connectivity index (χ0v) is 14.2. The molecule has 2 atom stereocenters. The van der Waals surface area contributed by atoms with Gasteiger partial charge in [0.2, 0.25) is 0 Å². The topological polar surface area (TPSA) is 65.4 Å². The van der Waals surface area contributed by atoms with Gasteiger partial charge in [0, 0.05) is 43.6 Å². The molecule has 0 bridgehead atoms. The van der Waals surface area contributed by atoms with E-state index in [2.05, 4.69) is 14.9 Å². The summed E-state index contributed by atoms with van der Waals surface area (Å²) in [6, 6.07) is 7.46. The van der Waals surface area contributed by atoms with Crippen molar-refractivity contribution in [3.8, 4) is 5.75 Å². The van der Waals surface area contributed by atoms with E-state index in [0.29, 0.717) is 12.2 Å². The first kappa shape index (κ1) is 16.1. The van der Waals surface area contributed by atoms with Crippen molar-refractivity contribution in [2.75, 3.05) is 13.2 Å². The second-order valence-electron chi connectivity index (χ2n) is 6.68. The summed E-state index contributed by atoms with van der Waals surface area (Å²) in [4.78, 5) is 16.8. The summed E-state index contributed by atoms with van der Waals surface area (Å²) in [7, 11) is 0. The Kier molecular flexibility index (Phi) is 4.70. The number of hydrogen-bond donors (Lipinski definition) is 1. The van der Waals surface area contributed by atoms with E-state index < -0.39 is 0 Å². The lowest BCUT2D eigenvalue weighted by molar-refractivity contribution is 0.0679. The molecule has 1 N–H and O–H groups in total. The van der Waals surface area contributed by atoms with Crippen molar-refractivity contribution in [2.24, 2.45) is 0 Å². The fraction of sp³-hybridized carbons (Fsp3) is 0.474. The number of nitrogens with zero attached hydrogens (tertiary/aromatic N) is 2. The van der Waals surface area contributed by atoms with Crippen LogP contribution in [0.2, 0.25) is 0 Å². The van der Waals surface area contributed by atoms with E-state index in [1.807, 2.05) is 36.7 Å². The Balaban J connectivity index is 1.30. The third-order valence-electron chi connectivity index (χ3n) is 4.85. The number of amides is 1. The van der Waals surface area contributed by atoms with Gasteiger partial charge in [-0.2, -0.15) is 0 Å². The molecule has 2 aliphatic rings. The maximum atomic E-state index is 12.4. The van der Waals surface area contributed by atoms with Crippen LogP contribution in [0.5, 0.6) is 5.75 Å². The minimum atomic E-state index is -0.0424. The number of imidazole rings is 1. The van der Waals surface area contributed by atoms with Crippen LogP contribution in [0.3, 0.4) is 0 Å². The standard InChI is InChI=1S/C19H23N3O3/c23-19(21-15-5-8-18-20-9-10-22(18)12-15)14-3-6-16(7-4-14)25-13-17-2-1-11-24-17/h3-4,6-7,9-10,15,17H,1-2,5,8,11-13H2,(H,21,23)/t15-,17-/m1/s1. The Morgan fingerprint density at radius 1 is 1.32 bits per heavy atom. The molecule has 0 spiro atoms. The molecule has 25 heavy (non-hydrogen) atoms. The van der Waals surface area contributed by atoms with Crippen LogP contribution >= 0.6 is 0 Å². The molecule has 1 amide bonds. The van der Waals surface area contributed by atoms with Crippen molar-refractivity contribution < 1.29 is 14.3 Å². The lowest BCUT2D eigenvalue weighted by Crippen LogP contribution is -2.40. The molecule has 132 valence electrons. The second kappa shape index (κ2) is 7.27. The van der Waals surface area contributed by atoms with E-state index in [-0.39, 0.29) is 18.1 Å². The minimum Gasteiger partial charge on any atom is -0.491 e. The van der Waals surface area contributed by atoms with Gasteiger partial charge in [-0.25, -0.2) is 4.98 Å².